The van der Waals surface area contributed by atoms with Crippen molar-refractivity contribution in [2.24, 2.45) is 45.7 Å². The smallest absolute Gasteiger partial charge is 0.303 e. The van der Waals surface area contributed by atoms with Crippen LogP contribution in [0.2, 0.25) is 0 Å². The number of aliphatic hydroxyl groups is 1. The SMILES string of the molecule is CC(=O)O[C@H]1C[C@@]2(C)[C@@H](C[C@H](N)[C@H]3[C@@]4(C)CC[C@@H](O)[C@@H](C)[C@@H]4CC[C@@]32C)/C1=C(/C(C)=O)c1ccc2ccccc2c1. The Morgan fingerprint density at radius 1 is 0.976 bits per heavy atom. The van der Waals surface area contributed by atoms with Crippen molar-refractivity contribution in [1.29, 1.82) is 0 Å². The first-order chi connectivity index (χ1) is 19.3. The fraction of sp³-hybridized carbons (Fsp3) is 0.611. The molecule has 4 aliphatic rings. The number of hydrogen-bond donors (Lipinski definition) is 2. The van der Waals surface area contributed by atoms with Crippen molar-refractivity contribution in [3.8, 4) is 0 Å². The predicted molar refractivity (Wildman–Crippen MR) is 163 cm³/mol. The molecule has 220 valence electrons. The van der Waals surface area contributed by atoms with Crippen LogP contribution >= 0.6 is 0 Å². The van der Waals surface area contributed by atoms with E-state index in [1.54, 1.807) is 6.92 Å². The van der Waals surface area contributed by atoms with Crippen LogP contribution in [0.4, 0.5) is 0 Å². The van der Waals surface area contributed by atoms with Gasteiger partial charge >= 0.3 is 5.97 Å². The molecule has 2 aromatic carbocycles. The number of allylic oxidation sites excluding steroid dienone is 1. The highest BCUT2D eigenvalue weighted by molar-refractivity contribution is 6.21. The summed E-state index contributed by atoms with van der Waals surface area (Å²) in [7, 11) is 0. The van der Waals surface area contributed by atoms with E-state index in [4.69, 9.17) is 10.5 Å². The molecule has 0 radical (unpaired) electrons. The number of aliphatic hydroxyl groups excluding tert-OH is 1. The highest BCUT2D eigenvalue weighted by Crippen LogP contribution is 2.74. The number of hydrogen-bond acceptors (Lipinski definition) is 5. The minimum absolute atomic E-state index is 0.00305. The molecule has 4 saturated carbocycles. The van der Waals surface area contributed by atoms with Crippen LogP contribution in [0.15, 0.2) is 48.0 Å². The molecule has 3 N–H and O–H groups in total. The summed E-state index contributed by atoms with van der Waals surface area (Å²) in [4.78, 5) is 26.1. The number of carbonyl (C=O) groups excluding carboxylic acids is 2. The average molecular weight is 558 g/mol. The average Bonchev–Trinajstić information content (AvgIpc) is 3.17. The van der Waals surface area contributed by atoms with E-state index in [2.05, 4.69) is 52.0 Å². The summed E-state index contributed by atoms with van der Waals surface area (Å²) in [5, 5.41) is 13.0. The first kappa shape index (κ1) is 28.6. The summed E-state index contributed by atoms with van der Waals surface area (Å²) in [6, 6.07) is 14.4. The normalized spacial score (nSPS) is 43.1. The van der Waals surface area contributed by atoms with Gasteiger partial charge in [-0.15, -0.1) is 0 Å². The van der Waals surface area contributed by atoms with Crippen LogP contribution < -0.4 is 5.73 Å². The van der Waals surface area contributed by atoms with Gasteiger partial charge in [0.05, 0.1) is 6.10 Å². The maximum Gasteiger partial charge on any atom is 0.303 e. The third kappa shape index (κ3) is 4.09. The lowest BCUT2D eigenvalue weighted by Crippen LogP contribution is -2.67. The van der Waals surface area contributed by atoms with Crippen LogP contribution in [-0.2, 0) is 14.3 Å². The molecule has 10 atom stereocenters. The Bertz CT molecular complexity index is 1430. The number of rotatable bonds is 3. The molecule has 0 bridgehead atoms. The van der Waals surface area contributed by atoms with Crippen LogP contribution in [0.3, 0.4) is 0 Å². The summed E-state index contributed by atoms with van der Waals surface area (Å²) in [5.74, 6) is 0.739. The maximum atomic E-state index is 13.6. The lowest BCUT2D eigenvalue weighted by molar-refractivity contribution is -0.204. The molecule has 41 heavy (non-hydrogen) atoms. The molecular formula is C36H47NO4. The Hall–Kier alpha value is -2.50. The van der Waals surface area contributed by atoms with Gasteiger partial charge in [-0.05, 0) is 113 Å². The highest BCUT2D eigenvalue weighted by atomic mass is 16.5. The monoisotopic (exact) mass is 557 g/mol. The van der Waals surface area contributed by atoms with Crippen LogP contribution in [0.1, 0.15) is 85.6 Å². The van der Waals surface area contributed by atoms with Crippen LogP contribution in [0.25, 0.3) is 16.3 Å². The van der Waals surface area contributed by atoms with E-state index in [0.29, 0.717) is 23.8 Å². The summed E-state index contributed by atoms with van der Waals surface area (Å²) in [6.07, 6.45) is 4.69. The minimum atomic E-state index is -0.451. The molecule has 0 saturated heterocycles. The molecule has 0 unspecified atom stereocenters. The Balaban J connectivity index is 1.52. The maximum absolute atomic E-state index is 13.6. The Morgan fingerprint density at radius 2 is 1.68 bits per heavy atom. The van der Waals surface area contributed by atoms with Crippen molar-refractivity contribution < 1.29 is 19.4 Å². The van der Waals surface area contributed by atoms with E-state index >= 15 is 0 Å². The topological polar surface area (TPSA) is 89.6 Å². The lowest BCUT2D eigenvalue weighted by atomic mass is 9.36. The molecule has 0 aromatic heterocycles. The van der Waals surface area contributed by atoms with Gasteiger partial charge in [-0.1, -0.05) is 64.1 Å². The number of carbonyl (C=O) groups is 2. The third-order valence-electron chi connectivity index (χ3n) is 12.8. The summed E-state index contributed by atoms with van der Waals surface area (Å²) in [6.45, 7) is 12.6. The second kappa shape index (κ2) is 9.77. The Morgan fingerprint density at radius 3 is 2.37 bits per heavy atom. The van der Waals surface area contributed by atoms with Gasteiger partial charge in [-0.2, -0.15) is 0 Å². The second-order valence-corrected chi connectivity index (χ2v) is 14.6. The number of Topliss-reactive ketones (excluding diaryl/α,β-unsaturated/α-hetero) is 1. The fourth-order valence-electron chi connectivity index (χ4n) is 10.9. The van der Waals surface area contributed by atoms with Crippen molar-refractivity contribution in [2.75, 3.05) is 0 Å². The first-order valence-electron chi connectivity index (χ1n) is 15.7. The molecule has 0 spiro atoms. The lowest BCUT2D eigenvalue weighted by Gasteiger charge is -2.69. The number of benzene rings is 2. The highest BCUT2D eigenvalue weighted by Gasteiger charge is 2.70. The molecule has 5 nitrogen and oxygen atoms in total. The molecule has 2 aromatic rings. The molecular weight excluding hydrogens is 510 g/mol. The number of fused-ring (bicyclic) bond motifs is 6. The van der Waals surface area contributed by atoms with Gasteiger partial charge in [0.15, 0.2) is 5.78 Å². The van der Waals surface area contributed by atoms with Gasteiger partial charge in [0.25, 0.3) is 0 Å². The van der Waals surface area contributed by atoms with Gasteiger partial charge < -0.3 is 15.6 Å². The van der Waals surface area contributed by atoms with Crippen molar-refractivity contribution >= 4 is 28.1 Å². The van der Waals surface area contributed by atoms with Crippen molar-refractivity contribution in [2.45, 2.75) is 98.3 Å². The van der Waals surface area contributed by atoms with Crippen LogP contribution in [-0.4, -0.2) is 35.1 Å². The molecule has 6 rings (SSSR count). The van der Waals surface area contributed by atoms with E-state index in [0.717, 1.165) is 54.0 Å². The molecule has 0 aliphatic heterocycles. The fourth-order valence-corrected chi connectivity index (χ4v) is 10.9. The zero-order valence-electron chi connectivity index (χ0n) is 25.6. The molecule has 5 heteroatoms. The van der Waals surface area contributed by atoms with Crippen LogP contribution in [0, 0.1) is 39.9 Å². The molecule has 4 aliphatic carbocycles. The summed E-state index contributed by atoms with van der Waals surface area (Å²) >= 11 is 0. The van der Waals surface area contributed by atoms with E-state index in [1.165, 1.54) is 6.92 Å². The van der Waals surface area contributed by atoms with E-state index in [-0.39, 0.29) is 52.0 Å². The Kier molecular flexibility index (Phi) is 6.82. The third-order valence-corrected chi connectivity index (χ3v) is 12.8. The van der Waals surface area contributed by atoms with Crippen LogP contribution in [0.5, 0.6) is 0 Å². The standard InChI is InChI=1S/C36H47NO4/c1-20-26-13-16-35(5)33(34(26,4)15-14-29(20)40)28(37)18-27-32(30(41-22(3)39)19-36(27,35)6)31(21(2)38)25-12-11-23-9-7-8-10-24(23)17-25/h7-12,17,20,26-30,33,40H,13-16,18-19,37H2,1-6H3/b32-31+/t20-,26-,27-,28-,29+,30-,33-,34-,35-,36-/m0/s1. The first-order valence-corrected chi connectivity index (χ1v) is 15.7. The van der Waals surface area contributed by atoms with Crippen molar-refractivity contribution in [3.63, 3.8) is 0 Å². The summed E-state index contributed by atoms with van der Waals surface area (Å²) in [5.41, 5.74) is 9.61. The van der Waals surface area contributed by atoms with E-state index in [9.17, 15) is 14.7 Å². The number of ether oxygens (including phenoxy) is 1. The van der Waals surface area contributed by atoms with Gasteiger partial charge in [0.2, 0.25) is 0 Å². The van der Waals surface area contributed by atoms with E-state index < -0.39 is 6.10 Å². The zero-order chi connectivity index (χ0) is 29.5. The number of nitrogens with two attached hydrogens (primary N) is 1. The number of esters is 1. The number of ketones is 1. The zero-order valence-corrected chi connectivity index (χ0v) is 25.6. The van der Waals surface area contributed by atoms with Crippen molar-refractivity contribution in [1.82, 2.24) is 0 Å². The molecule has 0 heterocycles. The predicted octanol–water partition coefficient (Wildman–Crippen LogP) is 6.70. The molecule has 4 fully saturated rings. The summed E-state index contributed by atoms with van der Waals surface area (Å²) < 4.78 is 6.12. The quantitative estimate of drug-likeness (QED) is 0.324. The van der Waals surface area contributed by atoms with E-state index in [1.807, 2.05) is 18.2 Å². The van der Waals surface area contributed by atoms with Gasteiger partial charge in [0, 0.05) is 18.5 Å². The van der Waals surface area contributed by atoms with Crippen molar-refractivity contribution in [3.05, 3.63) is 53.6 Å². The van der Waals surface area contributed by atoms with Gasteiger partial charge in [-0.25, -0.2) is 0 Å². The second-order valence-electron chi connectivity index (χ2n) is 14.6. The minimum Gasteiger partial charge on any atom is -0.458 e. The Labute approximate surface area is 244 Å². The molecule has 0 amide bonds. The van der Waals surface area contributed by atoms with Gasteiger partial charge in [-0.3, -0.25) is 9.59 Å². The van der Waals surface area contributed by atoms with Gasteiger partial charge in [0.1, 0.15) is 6.10 Å². The largest absolute Gasteiger partial charge is 0.458 e.